The van der Waals surface area contributed by atoms with Crippen LogP contribution < -0.4 is 14.8 Å². The Kier molecular flexibility index (Phi) is 8.54. The quantitative estimate of drug-likeness (QED) is 0.391. The van der Waals surface area contributed by atoms with E-state index >= 15 is 0 Å². The average Bonchev–Trinajstić information content (AvgIpc) is 3.32. The van der Waals surface area contributed by atoms with Crippen molar-refractivity contribution >= 4 is 17.8 Å². The zero-order chi connectivity index (χ0) is 28.0. The van der Waals surface area contributed by atoms with Crippen molar-refractivity contribution in [3.63, 3.8) is 0 Å². The Morgan fingerprint density at radius 3 is 2.03 bits per heavy atom. The second-order valence-corrected chi connectivity index (χ2v) is 9.88. The molecular formula is C31H34N2O6. The van der Waals surface area contributed by atoms with Crippen LogP contribution in [0, 0.1) is 6.92 Å². The van der Waals surface area contributed by atoms with Gasteiger partial charge in [-0.1, -0.05) is 54.6 Å². The van der Waals surface area contributed by atoms with Crippen molar-refractivity contribution in [2.45, 2.75) is 38.1 Å². The molecule has 4 rings (SSSR count). The van der Waals surface area contributed by atoms with Crippen molar-refractivity contribution in [3.05, 3.63) is 94.5 Å². The molecule has 1 aliphatic carbocycles. The van der Waals surface area contributed by atoms with Gasteiger partial charge in [0.15, 0.2) is 0 Å². The van der Waals surface area contributed by atoms with Gasteiger partial charge in [0, 0.05) is 30.5 Å². The van der Waals surface area contributed by atoms with Gasteiger partial charge < -0.3 is 24.8 Å². The van der Waals surface area contributed by atoms with Gasteiger partial charge in [-0.2, -0.15) is 0 Å². The maximum absolute atomic E-state index is 13.7. The highest BCUT2D eigenvalue weighted by Gasteiger charge is 2.45. The highest BCUT2D eigenvalue weighted by Crippen LogP contribution is 2.31. The summed E-state index contributed by atoms with van der Waals surface area (Å²) >= 11 is 0. The van der Waals surface area contributed by atoms with E-state index < -0.39 is 17.4 Å². The minimum Gasteiger partial charge on any atom is -0.496 e. The molecule has 0 fully saturated rings. The first-order valence-corrected chi connectivity index (χ1v) is 12.9. The van der Waals surface area contributed by atoms with Gasteiger partial charge in [-0.05, 0) is 48.6 Å². The first kappa shape index (κ1) is 27.7. The number of amides is 2. The van der Waals surface area contributed by atoms with Crippen molar-refractivity contribution in [1.29, 1.82) is 0 Å². The Labute approximate surface area is 228 Å². The van der Waals surface area contributed by atoms with Crippen molar-refractivity contribution in [1.82, 2.24) is 10.2 Å². The fraction of sp³-hybridized carbons (Fsp3) is 0.323. The number of carbonyl (C=O) groups excluding carboxylic acids is 2. The summed E-state index contributed by atoms with van der Waals surface area (Å²) in [6, 6.07) is 20.6. The Bertz CT molecular complexity index is 1300. The summed E-state index contributed by atoms with van der Waals surface area (Å²) in [5, 5.41) is 12.8. The first-order valence-electron chi connectivity index (χ1n) is 12.9. The van der Waals surface area contributed by atoms with E-state index in [2.05, 4.69) is 5.32 Å². The minimum absolute atomic E-state index is 0.193. The van der Waals surface area contributed by atoms with Gasteiger partial charge in [0.05, 0.1) is 20.8 Å². The molecule has 1 aliphatic rings. The van der Waals surface area contributed by atoms with Crippen LogP contribution >= 0.6 is 0 Å². The molecule has 3 aromatic rings. The van der Waals surface area contributed by atoms with Crippen LogP contribution in [-0.2, 0) is 28.9 Å². The number of carboxylic acid groups (broad SMARTS) is 1. The van der Waals surface area contributed by atoms with E-state index in [1.807, 2.05) is 61.5 Å². The molecule has 2 amide bonds. The number of carboxylic acids is 1. The summed E-state index contributed by atoms with van der Waals surface area (Å²) in [6.45, 7) is 1.86. The van der Waals surface area contributed by atoms with Gasteiger partial charge in [-0.25, -0.2) is 4.79 Å². The van der Waals surface area contributed by atoms with Crippen LogP contribution in [0.3, 0.4) is 0 Å². The third-order valence-electron chi connectivity index (χ3n) is 7.25. The van der Waals surface area contributed by atoms with Crippen LogP contribution in [0.4, 0.5) is 0 Å². The standard InChI is InChI=1S/C31H34N2O6/c1-21-26(38-2)16-25(17-27(21)39-3)29(35)33(15-9-12-22-10-5-4-6-11-22)20-28(34)32-31(30(36)37)18-23-13-7-8-14-24(23)19-31/h4-8,10-11,13-14,16-17H,9,12,15,18-20H2,1-3H3,(H,32,34)(H,36,37). The van der Waals surface area contributed by atoms with E-state index in [1.165, 1.54) is 19.1 Å². The number of aliphatic carboxylic acids is 1. The average molecular weight is 531 g/mol. The molecule has 8 heteroatoms. The van der Waals surface area contributed by atoms with Crippen molar-refractivity contribution in [3.8, 4) is 11.5 Å². The van der Waals surface area contributed by atoms with E-state index in [9.17, 15) is 19.5 Å². The zero-order valence-electron chi connectivity index (χ0n) is 22.5. The van der Waals surface area contributed by atoms with Crippen molar-refractivity contribution < 1.29 is 29.0 Å². The molecule has 8 nitrogen and oxygen atoms in total. The molecule has 0 radical (unpaired) electrons. The van der Waals surface area contributed by atoms with E-state index in [1.54, 1.807) is 12.1 Å². The number of aryl methyl sites for hydroxylation is 1. The number of benzene rings is 3. The molecule has 0 heterocycles. The smallest absolute Gasteiger partial charge is 0.330 e. The lowest BCUT2D eigenvalue weighted by molar-refractivity contribution is -0.147. The number of nitrogens with one attached hydrogen (secondary N) is 1. The Morgan fingerprint density at radius 2 is 1.49 bits per heavy atom. The molecule has 3 aromatic carbocycles. The third-order valence-corrected chi connectivity index (χ3v) is 7.25. The fourth-order valence-electron chi connectivity index (χ4n) is 5.15. The zero-order valence-corrected chi connectivity index (χ0v) is 22.5. The maximum Gasteiger partial charge on any atom is 0.330 e. The number of fused-ring (bicyclic) bond motifs is 1. The monoisotopic (exact) mass is 530 g/mol. The number of carbonyl (C=O) groups is 3. The van der Waals surface area contributed by atoms with Crippen LogP contribution in [0.1, 0.15) is 39.0 Å². The van der Waals surface area contributed by atoms with E-state index in [4.69, 9.17) is 9.47 Å². The molecule has 0 spiro atoms. The summed E-state index contributed by atoms with van der Waals surface area (Å²) in [6.07, 6.45) is 1.73. The largest absolute Gasteiger partial charge is 0.496 e. The van der Waals surface area contributed by atoms with Crippen LogP contribution in [-0.4, -0.2) is 60.6 Å². The maximum atomic E-state index is 13.7. The van der Waals surface area contributed by atoms with Crippen molar-refractivity contribution in [2.75, 3.05) is 27.3 Å². The molecular weight excluding hydrogens is 496 g/mol. The van der Waals surface area contributed by atoms with Gasteiger partial charge >= 0.3 is 5.97 Å². The lowest BCUT2D eigenvalue weighted by atomic mass is 9.95. The molecule has 0 saturated carbocycles. The number of rotatable bonds is 11. The Hall–Kier alpha value is -4.33. The van der Waals surface area contributed by atoms with Gasteiger partial charge in [-0.15, -0.1) is 0 Å². The number of hydrogen-bond acceptors (Lipinski definition) is 5. The molecule has 0 saturated heterocycles. The number of nitrogens with zero attached hydrogens (tertiary/aromatic N) is 1. The van der Waals surface area contributed by atoms with Crippen molar-refractivity contribution in [2.24, 2.45) is 0 Å². The lowest BCUT2D eigenvalue weighted by Crippen LogP contribution is -2.57. The second-order valence-electron chi connectivity index (χ2n) is 9.88. The van der Waals surface area contributed by atoms with E-state index in [0.29, 0.717) is 30.0 Å². The van der Waals surface area contributed by atoms with E-state index in [-0.39, 0.29) is 25.3 Å². The predicted octanol–water partition coefficient (Wildman–Crippen LogP) is 3.83. The van der Waals surface area contributed by atoms with Crippen LogP contribution in [0.15, 0.2) is 66.7 Å². The SMILES string of the molecule is COc1cc(C(=O)N(CCCc2ccccc2)CC(=O)NC2(C(=O)O)Cc3ccccc3C2)cc(OC)c1C. The van der Waals surface area contributed by atoms with Crippen LogP contribution in [0.25, 0.3) is 0 Å². The number of hydrogen-bond donors (Lipinski definition) is 2. The second kappa shape index (κ2) is 12.0. The highest BCUT2D eigenvalue weighted by molar-refractivity contribution is 5.98. The molecule has 0 aliphatic heterocycles. The molecule has 39 heavy (non-hydrogen) atoms. The molecule has 0 aromatic heterocycles. The van der Waals surface area contributed by atoms with Gasteiger partial charge in [0.25, 0.3) is 5.91 Å². The summed E-state index contributed by atoms with van der Waals surface area (Å²) in [5.41, 5.74) is 2.55. The van der Waals surface area contributed by atoms with Gasteiger partial charge in [0.2, 0.25) is 5.91 Å². The topological polar surface area (TPSA) is 105 Å². The molecule has 0 bridgehead atoms. The highest BCUT2D eigenvalue weighted by atomic mass is 16.5. The first-order chi connectivity index (χ1) is 18.8. The predicted molar refractivity (Wildman–Crippen MR) is 147 cm³/mol. The summed E-state index contributed by atoms with van der Waals surface area (Å²) in [4.78, 5) is 40.8. The summed E-state index contributed by atoms with van der Waals surface area (Å²) in [5.74, 6) is -0.986. The summed E-state index contributed by atoms with van der Waals surface area (Å²) < 4.78 is 10.9. The third kappa shape index (κ3) is 6.22. The number of methoxy groups -OCH3 is 2. The molecule has 0 atom stereocenters. The van der Waals surface area contributed by atoms with E-state index in [0.717, 1.165) is 28.7 Å². The Morgan fingerprint density at radius 1 is 0.923 bits per heavy atom. The van der Waals surface area contributed by atoms with Gasteiger partial charge in [-0.3, -0.25) is 9.59 Å². The normalized spacial score (nSPS) is 13.3. The van der Waals surface area contributed by atoms with Crippen LogP contribution in [0.5, 0.6) is 11.5 Å². The number of ether oxygens (including phenoxy) is 2. The molecule has 204 valence electrons. The fourth-order valence-corrected chi connectivity index (χ4v) is 5.15. The minimum atomic E-state index is -1.45. The summed E-state index contributed by atoms with van der Waals surface area (Å²) in [7, 11) is 3.04. The lowest BCUT2D eigenvalue weighted by Gasteiger charge is -2.28. The van der Waals surface area contributed by atoms with Gasteiger partial charge in [0.1, 0.15) is 17.0 Å². The van der Waals surface area contributed by atoms with Crippen LogP contribution in [0.2, 0.25) is 0 Å². The Balaban J connectivity index is 1.55. The molecule has 2 N–H and O–H groups in total. The molecule has 0 unspecified atom stereocenters.